The zero-order valence-electron chi connectivity index (χ0n) is 11.3. The molecule has 2 amide bonds. The SMILES string of the molecule is CCOC(=O)NC(=O)CN1CCCC(C(=O)OC)C1. The summed E-state index contributed by atoms with van der Waals surface area (Å²) in [4.78, 5) is 35.9. The van der Waals surface area contributed by atoms with Crippen molar-refractivity contribution in [2.24, 2.45) is 5.92 Å². The predicted molar refractivity (Wildman–Crippen MR) is 66.3 cm³/mol. The number of nitrogens with one attached hydrogen (secondary N) is 1. The van der Waals surface area contributed by atoms with Crippen LogP contribution >= 0.6 is 0 Å². The molecule has 7 nitrogen and oxygen atoms in total. The second-order valence-electron chi connectivity index (χ2n) is 4.37. The Kier molecular flexibility index (Phi) is 6.27. The number of ether oxygens (including phenoxy) is 2. The highest BCUT2D eigenvalue weighted by Crippen LogP contribution is 2.17. The Balaban J connectivity index is 2.37. The lowest BCUT2D eigenvalue weighted by molar-refractivity contribution is -0.147. The lowest BCUT2D eigenvalue weighted by Gasteiger charge is -2.30. The summed E-state index contributed by atoms with van der Waals surface area (Å²) in [5.41, 5.74) is 0. The minimum Gasteiger partial charge on any atom is -0.469 e. The Morgan fingerprint density at radius 3 is 2.74 bits per heavy atom. The third-order valence-corrected chi connectivity index (χ3v) is 2.92. The normalized spacial score (nSPS) is 19.6. The van der Waals surface area contributed by atoms with E-state index in [9.17, 15) is 14.4 Å². The van der Waals surface area contributed by atoms with Crippen molar-refractivity contribution in [1.82, 2.24) is 10.2 Å². The second-order valence-corrected chi connectivity index (χ2v) is 4.37. The van der Waals surface area contributed by atoms with Gasteiger partial charge in [-0.15, -0.1) is 0 Å². The molecule has 0 radical (unpaired) electrons. The summed E-state index contributed by atoms with van der Waals surface area (Å²) in [6.45, 7) is 3.15. The number of methoxy groups -OCH3 is 1. The average Bonchev–Trinajstić information content (AvgIpc) is 2.38. The molecule has 0 aromatic heterocycles. The first kappa shape index (κ1) is 15.4. The molecule has 19 heavy (non-hydrogen) atoms. The van der Waals surface area contributed by atoms with Gasteiger partial charge in [-0.1, -0.05) is 0 Å². The highest BCUT2D eigenvalue weighted by atomic mass is 16.5. The molecule has 0 aliphatic carbocycles. The number of hydrogen-bond acceptors (Lipinski definition) is 6. The maximum absolute atomic E-state index is 11.6. The van der Waals surface area contributed by atoms with Crippen LogP contribution in [0, 0.1) is 5.92 Å². The summed E-state index contributed by atoms with van der Waals surface area (Å²) in [6.07, 6.45) is 0.851. The first-order valence-corrected chi connectivity index (χ1v) is 6.33. The molecule has 1 saturated heterocycles. The summed E-state index contributed by atoms with van der Waals surface area (Å²) in [5.74, 6) is -0.881. The number of alkyl carbamates (subject to hydrolysis) is 1. The van der Waals surface area contributed by atoms with Crippen molar-refractivity contribution in [2.75, 3.05) is 33.4 Å². The quantitative estimate of drug-likeness (QED) is 0.733. The lowest BCUT2D eigenvalue weighted by Crippen LogP contribution is -2.45. The summed E-state index contributed by atoms with van der Waals surface area (Å²) in [6, 6.07) is 0. The van der Waals surface area contributed by atoms with Crippen molar-refractivity contribution in [3.8, 4) is 0 Å². The molecule has 108 valence electrons. The van der Waals surface area contributed by atoms with E-state index in [-0.39, 0.29) is 25.0 Å². The maximum Gasteiger partial charge on any atom is 0.413 e. The summed E-state index contributed by atoms with van der Waals surface area (Å²) in [5, 5.41) is 2.13. The number of piperidine rings is 1. The van der Waals surface area contributed by atoms with Gasteiger partial charge in [-0.2, -0.15) is 0 Å². The zero-order chi connectivity index (χ0) is 14.3. The fourth-order valence-corrected chi connectivity index (χ4v) is 2.08. The Morgan fingerprint density at radius 2 is 2.11 bits per heavy atom. The molecule has 1 heterocycles. The van der Waals surface area contributed by atoms with Gasteiger partial charge in [-0.25, -0.2) is 4.79 Å². The number of nitrogens with zero attached hydrogens (tertiary/aromatic N) is 1. The van der Waals surface area contributed by atoms with Crippen molar-refractivity contribution >= 4 is 18.0 Å². The van der Waals surface area contributed by atoms with Gasteiger partial charge in [0.2, 0.25) is 5.91 Å². The number of imide groups is 1. The number of amides is 2. The minimum atomic E-state index is -0.742. The van der Waals surface area contributed by atoms with Crippen LogP contribution < -0.4 is 5.32 Å². The van der Waals surface area contributed by atoms with Gasteiger partial charge in [0.25, 0.3) is 0 Å². The monoisotopic (exact) mass is 272 g/mol. The van der Waals surface area contributed by atoms with Gasteiger partial charge in [0, 0.05) is 6.54 Å². The predicted octanol–water partition coefficient (Wildman–Crippen LogP) is 0.144. The Labute approximate surface area is 112 Å². The summed E-state index contributed by atoms with van der Waals surface area (Å²) >= 11 is 0. The highest BCUT2D eigenvalue weighted by Gasteiger charge is 2.27. The number of carbonyl (C=O) groups is 3. The van der Waals surface area contributed by atoms with E-state index in [0.29, 0.717) is 6.54 Å². The number of rotatable bonds is 4. The van der Waals surface area contributed by atoms with Gasteiger partial charge in [0.05, 0.1) is 26.2 Å². The van der Waals surface area contributed by atoms with Crippen LogP contribution in [-0.2, 0) is 19.1 Å². The molecule has 1 fully saturated rings. The van der Waals surface area contributed by atoms with Crippen LogP contribution in [0.2, 0.25) is 0 Å². The van der Waals surface area contributed by atoms with Crippen LogP contribution in [0.4, 0.5) is 4.79 Å². The average molecular weight is 272 g/mol. The van der Waals surface area contributed by atoms with Crippen LogP contribution in [0.25, 0.3) is 0 Å². The Bertz CT molecular complexity index is 345. The van der Waals surface area contributed by atoms with E-state index in [0.717, 1.165) is 19.4 Å². The van der Waals surface area contributed by atoms with Crippen LogP contribution in [0.15, 0.2) is 0 Å². The largest absolute Gasteiger partial charge is 0.469 e. The molecule has 1 unspecified atom stereocenters. The van der Waals surface area contributed by atoms with Gasteiger partial charge in [0.1, 0.15) is 0 Å². The number of likely N-dealkylation sites (tertiary alicyclic amines) is 1. The molecule has 1 rings (SSSR count). The number of carbonyl (C=O) groups excluding carboxylic acids is 3. The maximum atomic E-state index is 11.6. The fourth-order valence-electron chi connectivity index (χ4n) is 2.08. The van der Waals surface area contributed by atoms with E-state index in [1.54, 1.807) is 6.92 Å². The van der Waals surface area contributed by atoms with Crippen molar-refractivity contribution in [2.45, 2.75) is 19.8 Å². The molecule has 0 aromatic carbocycles. The summed E-state index contributed by atoms with van der Waals surface area (Å²) in [7, 11) is 1.36. The molecular formula is C12H20N2O5. The number of esters is 1. The smallest absolute Gasteiger partial charge is 0.413 e. The van der Waals surface area contributed by atoms with Gasteiger partial charge < -0.3 is 9.47 Å². The van der Waals surface area contributed by atoms with Gasteiger partial charge in [-0.05, 0) is 26.3 Å². The first-order valence-electron chi connectivity index (χ1n) is 6.33. The molecule has 0 saturated carbocycles. The fraction of sp³-hybridized carbons (Fsp3) is 0.750. The molecule has 1 atom stereocenters. The number of hydrogen-bond donors (Lipinski definition) is 1. The highest BCUT2D eigenvalue weighted by molar-refractivity contribution is 5.92. The molecule has 1 N–H and O–H groups in total. The molecule has 0 aromatic rings. The zero-order valence-corrected chi connectivity index (χ0v) is 11.3. The molecule has 1 aliphatic rings. The van der Waals surface area contributed by atoms with E-state index < -0.39 is 12.0 Å². The second kappa shape index (κ2) is 7.73. The van der Waals surface area contributed by atoms with Crippen molar-refractivity contribution in [3.05, 3.63) is 0 Å². The Hall–Kier alpha value is -1.63. The molecule has 0 bridgehead atoms. The lowest BCUT2D eigenvalue weighted by atomic mass is 9.98. The van der Waals surface area contributed by atoms with Crippen molar-refractivity contribution in [1.29, 1.82) is 0 Å². The van der Waals surface area contributed by atoms with Crippen molar-refractivity contribution < 1.29 is 23.9 Å². The van der Waals surface area contributed by atoms with Crippen molar-refractivity contribution in [3.63, 3.8) is 0 Å². The Morgan fingerprint density at radius 1 is 1.37 bits per heavy atom. The molecule has 7 heteroatoms. The molecule has 1 aliphatic heterocycles. The standard InChI is InChI=1S/C12H20N2O5/c1-3-19-12(17)13-10(15)8-14-6-4-5-9(7-14)11(16)18-2/h9H,3-8H2,1-2H3,(H,13,15,17). The van der Waals surface area contributed by atoms with Gasteiger partial charge in [0.15, 0.2) is 0 Å². The van der Waals surface area contributed by atoms with E-state index >= 15 is 0 Å². The van der Waals surface area contributed by atoms with Crippen LogP contribution in [0.3, 0.4) is 0 Å². The van der Waals surface area contributed by atoms with Crippen LogP contribution in [-0.4, -0.2) is 56.2 Å². The first-order chi connectivity index (χ1) is 9.06. The van der Waals surface area contributed by atoms with Crippen LogP contribution in [0.1, 0.15) is 19.8 Å². The van der Waals surface area contributed by atoms with Gasteiger partial charge in [-0.3, -0.25) is 19.8 Å². The van der Waals surface area contributed by atoms with Crippen LogP contribution in [0.5, 0.6) is 0 Å². The van der Waals surface area contributed by atoms with E-state index in [4.69, 9.17) is 4.74 Å². The third kappa shape index (κ3) is 5.25. The van der Waals surface area contributed by atoms with Gasteiger partial charge >= 0.3 is 12.1 Å². The molecular weight excluding hydrogens is 252 g/mol. The third-order valence-electron chi connectivity index (χ3n) is 2.92. The van der Waals surface area contributed by atoms with E-state index in [1.807, 2.05) is 4.90 Å². The van der Waals surface area contributed by atoms with E-state index in [2.05, 4.69) is 10.1 Å². The van der Waals surface area contributed by atoms with E-state index in [1.165, 1.54) is 7.11 Å². The summed E-state index contributed by atoms with van der Waals surface area (Å²) < 4.78 is 9.31. The topological polar surface area (TPSA) is 84.9 Å². The molecule has 0 spiro atoms. The minimum absolute atomic E-state index is 0.0757.